The third-order valence-corrected chi connectivity index (χ3v) is 3.86. The number of nitrogens with one attached hydrogen (secondary N) is 1. The molecule has 1 fully saturated rings. The molecule has 1 saturated carbocycles. The zero-order valence-electron chi connectivity index (χ0n) is 11.0. The van der Waals surface area contributed by atoms with Crippen LogP contribution in [0.15, 0.2) is 18.3 Å². The normalized spacial score (nSPS) is 18.3. The molecular formula is C14H22N2O2. The Bertz CT molecular complexity index is 376. The molecule has 0 radical (unpaired) electrons. The second-order valence-corrected chi connectivity index (χ2v) is 5.16. The van der Waals surface area contributed by atoms with Crippen LogP contribution < -0.4 is 10.1 Å². The van der Waals surface area contributed by atoms with Crippen LogP contribution in [0.25, 0.3) is 0 Å². The molecule has 1 aliphatic carbocycles. The summed E-state index contributed by atoms with van der Waals surface area (Å²) >= 11 is 0. The highest BCUT2D eigenvalue weighted by molar-refractivity contribution is 5.45. The number of hydrogen-bond acceptors (Lipinski definition) is 4. The van der Waals surface area contributed by atoms with E-state index in [-0.39, 0.29) is 12.0 Å². The van der Waals surface area contributed by atoms with Crippen LogP contribution in [-0.4, -0.2) is 30.4 Å². The molecule has 1 aromatic heterocycles. The number of ether oxygens (including phenoxy) is 1. The average molecular weight is 250 g/mol. The van der Waals surface area contributed by atoms with Crippen LogP contribution in [0.2, 0.25) is 0 Å². The molecule has 2 N–H and O–H groups in total. The monoisotopic (exact) mass is 250 g/mol. The summed E-state index contributed by atoms with van der Waals surface area (Å²) < 4.78 is 5.10. The number of aliphatic hydroxyl groups is 1. The topological polar surface area (TPSA) is 54.4 Å². The van der Waals surface area contributed by atoms with Crippen molar-refractivity contribution >= 4 is 5.69 Å². The molecule has 4 nitrogen and oxygen atoms in total. The van der Waals surface area contributed by atoms with Crippen molar-refractivity contribution in [2.75, 3.05) is 25.6 Å². The van der Waals surface area contributed by atoms with Gasteiger partial charge in [-0.15, -0.1) is 0 Å². The van der Waals surface area contributed by atoms with Crippen molar-refractivity contribution in [3.8, 4) is 5.88 Å². The van der Waals surface area contributed by atoms with Crippen LogP contribution in [-0.2, 0) is 0 Å². The molecule has 0 bridgehead atoms. The Balaban J connectivity index is 1.96. The van der Waals surface area contributed by atoms with Crippen molar-refractivity contribution in [1.29, 1.82) is 0 Å². The lowest BCUT2D eigenvalue weighted by molar-refractivity contribution is 0.0944. The van der Waals surface area contributed by atoms with Crippen LogP contribution in [0.5, 0.6) is 5.88 Å². The summed E-state index contributed by atoms with van der Waals surface area (Å²) in [6.07, 6.45) is 7.69. The summed E-state index contributed by atoms with van der Waals surface area (Å²) in [5.74, 6) is 0.613. The maximum absolute atomic E-state index is 9.64. The fraction of sp³-hybridized carbons (Fsp3) is 0.643. The second-order valence-electron chi connectivity index (χ2n) is 5.16. The van der Waals surface area contributed by atoms with Crippen LogP contribution in [0.1, 0.15) is 32.1 Å². The molecule has 2 rings (SSSR count). The van der Waals surface area contributed by atoms with E-state index in [2.05, 4.69) is 10.3 Å². The van der Waals surface area contributed by atoms with Gasteiger partial charge in [-0.3, -0.25) is 0 Å². The van der Waals surface area contributed by atoms with Gasteiger partial charge < -0.3 is 15.2 Å². The van der Waals surface area contributed by atoms with E-state index in [1.54, 1.807) is 13.3 Å². The van der Waals surface area contributed by atoms with Gasteiger partial charge in [0.05, 0.1) is 13.7 Å². The molecule has 0 amide bonds. The molecule has 0 saturated heterocycles. The summed E-state index contributed by atoms with van der Waals surface area (Å²) in [6.45, 7) is 1.08. The number of pyridine rings is 1. The Labute approximate surface area is 108 Å². The Kier molecular flexibility index (Phi) is 4.42. The molecule has 0 spiro atoms. The van der Waals surface area contributed by atoms with Crippen LogP contribution in [0.4, 0.5) is 5.69 Å². The fourth-order valence-corrected chi connectivity index (χ4v) is 2.61. The van der Waals surface area contributed by atoms with Crippen molar-refractivity contribution in [2.24, 2.45) is 5.41 Å². The number of hydrogen-bond donors (Lipinski definition) is 2. The van der Waals surface area contributed by atoms with Crippen molar-refractivity contribution in [3.05, 3.63) is 18.3 Å². The van der Waals surface area contributed by atoms with Gasteiger partial charge in [0.15, 0.2) is 0 Å². The minimum absolute atomic E-state index is 0.0504. The fourth-order valence-electron chi connectivity index (χ4n) is 2.61. The van der Waals surface area contributed by atoms with Crippen LogP contribution >= 0.6 is 0 Å². The first-order valence-electron chi connectivity index (χ1n) is 6.63. The first-order valence-corrected chi connectivity index (χ1v) is 6.63. The number of aliphatic hydroxyl groups excluding tert-OH is 1. The molecule has 0 atom stereocenters. The third-order valence-electron chi connectivity index (χ3n) is 3.86. The quantitative estimate of drug-likeness (QED) is 0.842. The first-order chi connectivity index (χ1) is 8.78. The van der Waals surface area contributed by atoms with Gasteiger partial charge in [-0.25, -0.2) is 4.98 Å². The van der Waals surface area contributed by atoms with Crippen LogP contribution in [0, 0.1) is 5.41 Å². The zero-order chi connectivity index (χ0) is 12.8. The smallest absolute Gasteiger partial charge is 0.214 e. The number of anilines is 1. The van der Waals surface area contributed by atoms with E-state index in [9.17, 15) is 5.11 Å². The van der Waals surface area contributed by atoms with E-state index in [0.717, 1.165) is 25.1 Å². The van der Waals surface area contributed by atoms with Gasteiger partial charge in [-0.2, -0.15) is 0 Å². The van der Waals surface area contributed by atoms with Crippen LogP contribution in [0.3, 0.4) is 0 Å². The maximum atomic E-state index is 9.64. The lowest BCUT2D eigenvalue weighted by atomic mass is 9.74. The highest BCUT2D eigenvalue weighted by atomic mass is 16.5. The van der Waals surface area contributed by atoms with E-state index in [0.29, 0.717) is 5.88 Å². The standard InChI is InChI=1S/C14H22N2O2/c1-18-13-9-12(5-8-15-13)16-10-14(11-17)6-3-2-4-7-14/h5,8-9,17H,2-4,6-7,10-11H2,1H3,(H,15,16). The van der Waals surface area contributed by atoms with Gasteiger partial charge in [-0.05, 0) is 18.9 Å². The molecule has 0 aromatic carbocycles. The van der Waals surface area contributed by atoms with E-state index in [4.69, 9.17) is 4.74 Å². The van der Waals surface area contributed by atoms with Crippen molar-refractivity contribution < 1.29 is 9.84 Å². The minimum atomic E-state index is 0.0504. The number of nitrogens with zero attached hydrogens (tertiary/aromatic N) is 1. The summed E-state index contributed by atoms with van der Waals surface area (Å²) in [5.41, 5.74) is 1.05. The average Bonchev–Trinajstić information content (AvgIpc) is 2.46. The Morgan fingerprint density at radius 1 is 1.39 bits per heavy atom. The van der Waals surface area contributed by atoms with Gasteiger partial charge in [0.2, 0.25) is 5.88 Å². The molecule has 0 aliphatic heterocycles. The highest BCUT2D eigenvalue weighted by Gasteiger charge is 2.31. The first kappa shape index (κ1) is 13.1. The van der Waals surface area contributed by atoms with E-state index in [1.165, 1.54) is 19.3 Å². The molecule has 1 heterocycles. The number of methoxy groups -OCH3 is 1. The highest BCUT2D eigenvalue weighted by Crippen LogP contribution is 2.36. The molecule has 1 aliphatic rings. The van der Waals surface area contributed by atoms with Crippen molar-refractivity contribution in [2.45, 2.75) is 32.1 Å². The minimum Gasteiger partial charge on any atom is -0.481 e. The Hall–Kier alpha value is -1.29. The molecule has 0 unspecified atom stereocenters. The summed E-state index contributed by atoms with van der Waals surface area (Å²) in [6, 6.07) is 3.81. The molecule has 100 valence electrons. The summed E-state index contributed by atoms with van der Waals surface area (Å²) in [5, 5.41) is 13.0. The van der Waals surface area contributed by atoms with Crippen molar-refractivity contribution in [3.63, 3.8) is 0 Å². The van der Waals surface area contributed by atoms with E-state index >= 15 is 0 Å². The number of rotatable bonds is 5. The maximum Gasteiger partial charge on any atom is 0.214 e. The molecule has 4 heteroatoms. The van der Waals surface area contributed by atoms with Gasteiger partial charge in [0, 0.05) is 29.9 Å². The summed E-state index contributed by atoms with van der Waals surface area (Å²) in [4.78, 5) is 4.08. The number of aromatic nitrogens is 1. The van der Waals surface area contributed by atoms with Crippen molar-refractivity contribution in [1.82, 2.24) is 4.98 Å². The van der Waals surface area contributed by atoms with E-state index in [1.807, 2.05) is 12.1 Å². The predicted octanol–water partition coefficient (Wildman–Crippen LogP) is 2.44. The van der Waals surface area contributed by atoms with E-state index < -0.39 is 0 Å². The van der Waals surface area contributed by atoms with Gasteiger partial charge in [0.25, 0.3) is 0 Å². The SMILES string of the molecule is COc1cc(NCC2(CO)CCCCC2)ccn1. The van der Waals surface area contributed by atoms with Gasteiger partial charge >= 0.3 is 0 Å². The lowest BCUT2D eigenvalue weighted by Gasteiger charge is -2.36. The predicted molar refractivity (Wildman–Crippen MR) is 71.9 cm³/mol. The Morgan fingerprint density at radius 3 is 2.83 bits per heavy atom. The molecular weight excluding hydrogens is 228 g/mol. The van der Waals surface area contributed by atoms with Gasteiger partial charge in [0.1, 0.15) is 0 Å². The Morgan fingerprint density at radius 2 is 2.17 bits per heavy atom. The second kappa shape index (κ2) is 6.05. The van der Waals surface area contributed by atoms with Gasteiger partial charge in [-0.1, -0.05) is 19.3 Å². The third kappa shape index (κ3) is 3.13. The lowest BCUT2D eigenvalue weighted by Crippen LogP contribution is -2.35. The largest absolute Gasteiger partial charge is 0.481 e. The zero-order valence-corrected chi connectivity index (χ0v) is 11.0. The molecule has 1 aromatic rings. The summed E-state index contributed by atoms with van der Waals surface area (Å²) in [7, 11) is 1.61. The molecule has 18 heavy (non-hydrogen) atoms.